The van der Waals surface area contributed by atoms with E-state index in [9.17, 15) is 22.8 Å². The van der Waals surface area contributed by atoms with Crippen LogP contribution in [0.1, 0.15) is 40.0 Å². The van der Waals surface area contributed by atoms with Crippen molar-refractivity contribution in [1.82, 2.24) is 4.57 Å². The summed E-state index contributed by atoms with van der Waals surface area (Å²) in [6, 6.07) is 9.52. The molecule has 0 aliphatic carbocycles. The van der Waals surface area contributed by atoms with Crippen molar-refractivity contribution >= 4 is 17.3 Å². The molecule has 1 fully saturated rings. The number of aromatic nitrogens is 1. The third kappa shape index (κ3) is 5.86. The Morgan fingerprint density at radius 2 is 1.81 bits per heavy atom. The minimum atomic E-state index is -4.61. The molecule has 3 N–H and O–H groups in total. The number of amides is 1. The van der Waals surface area contributed by atoms with Gasteiger partial charge in [-0.3, -0.25) is 9.59 Å². The van der Waals surface area contributed by atoms with Crippen LogP contribution in [0.4, 0.5) is 24.5 Å². The van der Waals surface area contributed by atoms with Gasteiger partial charge in [0.1, 0.15) is 5.69 Å². The van der Waals surface area contributed by atoms with E-state index in [0.29, 0.717) is 37.7 Å². The quantitative estimate of drug-likeness (QED) is 0.524. The van der Waals surface area contributed by atoms with E-state index in [2.05, 4.69) is 5.32 Å². The van der Waals surface area contributed by atoms with Gasteiger partial charge in [-0.25, -0.2) is 0 Å². The molecule has 1 saturated heterocycles. The number of carbonyl (C=O) groups excluding carboxylic acids is 1. The maximum absolute atomic E-state index is 13.4. The van der Waals surface area contributed by atoms with Crippen LogP contribution >= 0.6 is 0 Å². The van der Waals surface area contributed by atoms with Gasteiger partial charge >= 0.3 is 6.18 Å². The van der Waals surface area contributed by atoms with Crippen molar-refractivity contribution in [2.24, 2.45) is 12.8 Å². The molecule has 1 atom stereocenters. The zero-order valence-corrected chi connectivity index (χ0v) is 20.9. The molecular weight excluding hydrogens is 485 g/mol. The minimum absolute atomic E-state index is 0.123. The number of pyridine rings is 1. The van der Waals surface area contributed by atoms with Crippen molar-refractivity contribution in [3.05, 3.63) is 81.3 Å². The molecule has 1 amide bonds. The number of nitrogens with zero attached hydrogens (tertiary/aromatic N) is 2. The molecule has 0 bridgehead atoms. The Morgan fingerprint density at radius 1 is 1.11 bits per heavy atom. The summed E-state index contributed by atoms with van der Waals surface area (Å²) >= 11 is 0. The van der Waals surface area contributed by atoms with Crippen LogP contribution in [0.5, 0.6) is 0 Å². The van der Waals surface area contributed by atoms with E-state index in [1.165, 1.54) is 10.6 Å². The van der Waals surface area contributed by atoms with E-state index >= 15 is 0 Å². The summed E-state index contributed by atoms with van der Waals surface area (Å²) in [5, 5.41) is 2.70. The average Bonchev–Trinajstić information content (AvgIpc) is 2.86. The van der Waals surface area contributed by atoms with Gasteiger partial charge in [0.2, 0.25) is 0 Å². The monoisotopic (exact) mass is 514 g/mol. The molecule has 0 radical (unpaired) electrons. The lowest BCUT2D eigenvalue weighted by Crippen LogP contribution is -2.40. The average molecular weight is 515 g/mol. The van der Waals surface area contributed by atoms with Gasteiger partial charge in [0.05, 0.1) is 18.8 Å². The van der Waals surface area contributed by atoms with Gasteiger partial charge < -0.3 is 25.3 Å². The fourth-order valence-corrected chi connectivity index (χ4v) is 4.30. The Labute approximate surface area is 212 Å². The molecule has 7 nitrogen and oxygen atoms in total. The zero-order chi connectivity index (χ0) is 26.9. The van der Waals surface area contributed by atoms with E-state index in [-0.39, 0.29) is 16.7 Å². The van der Waals surface area contributed by atoms with Gasteiger partial charge in [-0.1, -0.05) is 6.07 Å². The molecule has 1 aliphatic heterocycles. The number of aryl methyl sites for hydroxylation is 2. The van der Waals surface area contributed by atoms with Gasteiger partial charge in [0.15, 0.2) is 0 Å². The Bertz CT molecular complexity index is 1380. The standard InChI is InChI=1S/C27H29F3N4O3/c1-16-4-5-22(32-25(35)19-10-18(17(2)31)11-21(12-19)27(28,29)30)14-23(16)20-13-24(26(36)33(3)15-20)34-6-8-37-9-7-34/h4-5,10-15,17H,6-9,31H2,1-3H3,(H,32,35). The van der Waals surface area contributed by atoms with Gasteiger partial charge in [-0.2, -0.15) is 13.2 Å². The number of benzene rings is 2. The number of rotatable bonds is 5. The molecule has 4 rings (SSSR count). The van der Waals surface area contributed by atoms with Crippen LogP contribution in [-0.4, -0.2) is 36.8 Å². The molecule has 1 aromatic heterocycles. The number of carbonyl (C=O) groups is 1. The molecule has 196 valence electrons. The van der Waals surface area contributed by atoms with Gasteiger partial charge in [0.25, 0.3) is 11.5 Å². The summed E-state index contributed by atoms with van der Waals surface area (Å²) in [6.07, 6.45) is -2.89. The lowest BCUT2D eigenvalue weighted by Gasteiger charge is -2.29. The molecule has 1 unspecified atom stereocenters. The van der Waals surface area contributed by atoms with Crippen molar-refractivity contribution < 1.29 is 22.7 Å². The summed E-state index contributed by atoms with van der Waals surface area (Å²) in [7, 11) is 1.68. The third-order valence-corrected chi connectivity index (χ3v) is 6.39. The molecular formula is C27H29F3N4O3. The molecule has 2 aromatic carbocycles. The summed E-state index contributed by atoms with van der Waals surface area (Å²) in [5.74, 6) is -0.683. The Hall–Kier alpha value is -3.63. The predicted molar refractivity (Wildman–Crippen MR) is 137 cm³/mol. The fraction of sp³-hybridized carbons (Fsp3) is 0.333. The lowest BCUT2D eigenvalue weighted by molar-refractivity contribution is -0.137. The van der Waals surface area contributed by atoms with E-state index in [4.69, 9.17) is 10.5 Å². The molecule has 0 spiro atoms. The number of ether oxygens (including phenoxy) is 1. The van der Waals surface area contributed by atoms with Crippen LogP contribution < -0.4 is 21.5 Å². The highest BCUT2D eigenvalue weighted by Gasteiger charge is 2.32. The number of hydrogen-bond acceptors (Lipinski definition) is 5. The van der Waals surface area contributed by atoms with E-state index in [1.807, 2.05) is 24.0 Å². The molecule has 10 heteroatoms. The van der Waals surface area contributed by atoms with Gasteiger partial charge in [-0.05, 0) is 66.9 Å². The third-order valence-electron chi connectivity index (χ3n) is 6.39. The first-order chi connectivity index (χ1) is 17.4. The minimum Gasteiger partial charge on any atom is -0.378 e. The Morgan fingerprint density at radius 3 is 2.46 bits per heavy atom. The second-order valence-electron chi connectivity index (χ2n) is 9.24. The topological polar surface area (TPSA) is 89.6 Å². The number of halogens is 3. The van der Waals surface area contributed by atoms with Crippen molar-refractivity contribution in [3.8, 4) is 11.1 Å². The van der Waals surface area contributed by atoms with Crippen LogP contribution in [0.2, 0.25) is 0 Å². The lowest BCUT2D eigenvalue weighted by atomic mass is 9.99. The van der Waals surface area contributed by atoms with Crippen LogP contribution in [0, 0.1) is 6.92 Å². The van der Waals surface area contributed by atoms with Crippen LogP contribution in [0.25, 0.3) is 11.1 Å². The first kappa shape index (κ1) is 26.4. The number of anilines is 2. The zero-order valence-electron chi connectivity index (χ0n) is 20.9. The second kappa shape index (κ2) is 10.4. The molecule has 0 saturated carbocycles. The molecule has 3 aromatic rings. The summed E-state index contributed by atoms with van der Waals surface area (Å²) in [6.45, 7) is 5.74. The number of nitrogens with one attached hydrogen (secondary N) is 1. The molecule has 1 aliphatic rings. The summed E-state index contributed by atoms with van der Waals surface area (Å²) in [4.78, 5) is 27.8. The summed E-state index contributed by atoms with van der Waals surface area (Å²) < 4.78 is 47.1. The number of hydrogen-bond donors (Lipinski definition) is 2. The van der Waals surface area contributed by atoms with Crippen molar-refractivity contribution in [2.45, 2.75) is 26.1 Å². The maximum Gasteiger partial charge on any atom is 0.416 e. The predicted octanol–water partition coefficient (Wildman–Crippen LogP) is 4.49. The van der Waals surface area contributed by atoms with Gasteiger partial charge in [-0.15, -0.1) is 0 Å². The molecule has 37 heavy (non-hydrogen) atoms. The largest absolute Gasteiger partial charge is 0.416 e. The van der Waals surface area contributed by atoms with Crippen LogP contribution in [-0.2, 0) is 18.0 Å². The van der Waals surface area contributed by atoms with Crippen LogP contribution in [0.3, 0.4) is 0 Å². The fourth-order valence-electron chi connectivity index (χ4n) is 4.30. The highest BCUT2D eigenvalue weighted by Crippen LogP contribution is 2.33. The first-order valence-corrected chi connectivity index (χ1v) is 11.9. The Balaban J connectivity index is 1.68. The number of nitrogens with two attached hydrogens (primary N) is 1. The van der Waals surface area contributed by atoms with Crippen molar-refractivity contribution in [2.75, 3.05) is 36.5 Å². The number of morpholine rings is 1. The van der Waals surface area contributed by atoms with Crippen molar-refractivity contribution in [3.63, 3.8) is 0 Å². The highest BCUT2D eigenvalue weighted by atomic mass is 19.4. The van der Waals surface area contributed by atoms with Gasteiger partial charge in [0, 0.05) is 49.2 Å². The maximum atomic E-state index is 13.4. The molecule has 2 heterocycles. The number of alkyl halides is 3. The van der Waals surface area contributed by atoms with E-state index in [0.717, 1.165) is 28.8 Å². The second-order valence-corrected chi connectivity index (χ2v) is 9.24. The SMILES string of the molecule is Cc1ccc(NC(=O)c2cc(C(C)N)cc(C(F)(F)F)c2)cc1-c1cc(N2CCOCC2)c(=O)n(C)c1. The van der Waals surface area contributed by atoms with Crippen molar-refractivity contribution in [1.29, 1.82) is 0 Å². The van der Waals surface area contributed by atoms with E-state index in [1.54, 1.807) is 32.3 Å². The smallest absolute Gasteiger partial charge is 0.378 e. The van der Waals surface area contributed by atoms with E-state index < -0.39 is 23.7 Å². The Kier molecular flexibility index (Phi) is 7.42. The first-order valence-electron chi connectivity index (χ1n) is 11.9. The normalized spacial score (nSPS) is 14.9. The highest BCUT2D eigenvalue weighted by molar-refractivity contribution is 6.05. The summed E-state index contributed by atoms with van der Waals surface area (Å²) in [5.41, 5.74) is 8.25. The van der Waals surface area contributed by atoms with Crippen LogP contribution in [0.15, 0.2) is 53.5 Å².